The molecule has 0 saturated carbocycles. The molecule has 0 radical (unpaired) electrons. The summed E-state index contributed by atoms with van der Waals surface area (Å²) < 4.78 is 16.9. The fourth-order valence-corrected chi connectivity index (χ4v) is 3.20. The number of rotatable bonds is 1. The molecule has 1 aliphatic rings. The molecule has 0 aromatic carbocycles. The van der Waals surface area contributed by atoms with E-state index < -0.39 is 5.95 Å². The van der Waals surface area contributed by atoms with Gasteiger partial charge < -0.3 is 0 Å². The van der Waals surface area contributed by atoms with Gasteiger partial charge in [-0.1, -0.05) is 0 Å². The third-order valence-electron chi connectivity index (χ3n) is 4.29. The molecule has 0 unspecified atom stereocenters. The Hall–Kier alpha value is -2.24. The topological polar surface area (TPSA) is 48.0 Å². The van der Waals surface area contributed by atoms with Crippen LogP contribution in [0.3, 0.4) is 0 Å². The highest BCUT2D eigenvalue weighted by Gasteiger charge is 2.40. The quantitative estimate of drug-likeness (QED) is 0.678. The lowest BCUT2D eigenvalue weighted by atomic mass is 9.82. The molecule has 20 heavy (non-hydrogen) atoms. The van der Waals surface area contributed by atoms with Crippen LogP contribution >= 0.6 is 0 Å². The summed E-state index contributed by atoms with van der Waals surface area (Å²) in [6.45, 7) is 2.16. The van der Waals surface area contributed by atoms with E-state index in [9.17, 15) is 4.39 Å². The Labute approximate surface area is 115 Å². The lowest BCUT2D eigenvalue weighted by Crippen LogP contribution is -2.23. The molecule has 3 aromatic rings. The Morgan fingerprint density at radius 1 is 1.35 bits per heavy atom. The Morgan fingerprint density at radius 3 is 2.95 bits per heavy atom. The van der Waals surface area contributed by atoms with Crippen LogP contribution in [0.4, 0.5) is 4.39 Å². The van der Waals surface area contributed by atoms with Gasteiger partial charge in [0.15, 0.2) is 5.65 Å². The van der Waals surface area contributed by atoms with Gasteiger partial charge >= 0.3 is 0 Å². The zero-order valence-electron chi connectivity index (χ0n) is 11.3. The van der Waals surface area contributed by atoms with E-state index in [1.807, 2.05) is 25.6 Å². The molecule has 0 fully saturated rings. The van der Waals surface area contributed by atoms with E-state index in [2.05, 4.69) is 22.1 Å². The summed E-state index contributed by atoms with van der Waals surface area (Å²) in [5.41, 5.74) is 3.63. The molecule has 0 N–H and O–H groups in total. The second-order valence-electron chi connectivity index (χ2n) is 5.60. The lowest BCUT2D eigenvalue weighted by molar-refractivity contribution is 0.520. The van der Waals surface area contributed by atoms with Crippen molar-refractivity contribution >= 4 is 5.65 Å². The van der Waals surface area contributed by atoms with E-state index in [1.165, 1.54) is 6.07 Å². The van der Waals surface area contributed by atoms with Crippen LogP contribution in [0.25, 0.3) is 5.65 Å². The van der Waals surface area contributed by atoms with E-state index in [1.54, 1.807) is 9.20 Å². The van der Waals surface area contributed by atoms with Crippen molar-refractivity contribution in [3.05, 3.63) is 47.4 Å². The van der Waals surface area contributed by atoms with Gasteiger partial charge in [0.1, 0.15) is 0 Å². The first-order valence-corrected chi connectivity index (χ1v) is 6.61. The maximum Gasteiger partial charge on any atom is 0.235 e. The molecular formula is C14H14FN5. The lowest BCUT2D eigenvalue weighted by Gasteiger charge is -2.24. The Bertz CT molecular complexity index is 818. The average Bonchev–Trinajstić information content (AvgIpc) is 3.07. The highest BCUT2D eigenvalue weighted by atomic mass is 19.1. The predicted molar refractivity (Wildman–Crippen MR) is 70.9 cm³/mol. The second-order valence-corrected chi connectivity index (χ2v) is 5.60. The van der Waals surface area contributed by atoms with Gasteiger partial charge in [-0.2, -0.15) is 9.49 Å². The van der Waals surface area contributed by atoms with Gasteiger partial charge in [-0.25, -0.2) is 9.50 Å². The Kier molecular flexibility index (Phi) is 2.11. The van der Waals surface area contributed by atoms with Crippen molar-refractivity contribution in [3.63, 3.8) is 0 Å². The molecule has 0 saturated heterocycles. The summed E-state index contributed by atoms with van der Waals surface area (Å²) in [4.78, 5) is 4.28. The third-order valence-corrected chi connectivity index (χ3v) is 4.29. The van der Waals surface area contributed by atoms with Crippen LogP contribution in [0.15, 0.2) is 24.7 Å². The molecule has 3 heterocycles. The number of hydrogen-bond acceptors (Lipinski definition) is 3. The summed E-state index contributed by atoms with van der Waals surface area (Å²) in [6, 6.07) is 1.36. The van der Waals surface area contributed by atoms with Gasteiger partial charge in [-0.05, 0) is 25.3 Å². The smallest absolute Gasteiger partial charge is 0.235 e. The van der Waals surface area contributed by atoms with Gasteiger partial charge in [0, 0.05) is 36.5 Å². The molecule has 0 spiro atoms. The number of hydrogen-bond donors (Lipinski definition) is 0. The fourth-order valence-electron chi connectivity index (χ4n) is 3.20. The summed E-state index contributed by atoms with van der Waals surface area (Å²) in [6.07, 6.45) is 7.61. The largest absolute Gasteiger partial charge is 0.276 e. The van der Waals surface area contributed by atoms with E-state index in [-0.39, 0.29) is 5.41 Å². The summed E-state index contributed by atoms with van der Waals surface area (Å²) in [5, 5.41) is 8.23. The van der Waals surface area contributed by atoms with E-state index in [4.69, 9.17) is 0 Å². The van der Waals surface area contributed by atoms with Crippen molar-refractivity contribution < 1.29 is 4.39 Å². The summed E-state index contributed by atoms with van der Waals surface area (Å²) >= 11 is 0. The molecule has 5 nitrogen and oxygen atoms in total. The second kappa shape index (κ2) is 3.65. The molecule has 0 aliphatic heterocycles. The number of aryl methyl sites for hydroxylation is 2. The predicted octanol–water partition coefficient (Wildman–Crippen LogP) is 1.85. The van der Waals surface area contributed by atoms with Crippen LogP contribution in [0.1, 0.15) is 30.2 Å². The number of fused-ring (bicyclic) bond motifs is 3. The van der Waals surface area contributed by atoms with Crippen LogP contribution in [0, 0.1) is 5.95 Å². The molecule has 0 amide bonds. The molecular weight excluding hydrogens is 257 g/mol. The highest BCUT2D eigenvalue weighted by Crippen LogP contribution is 2.43. The summed E-state index contributed by atoms with van der Waals surface area (Å²) in [5.74, 6) is -0.494. The number of halogens is 1. The van der Waals surface area contributed by atoms with Crippen molar-refractivity contribution in [2.24, 2.45) is 7.05 Å². The molecule has 0 bridgehead atoms. The maximum absolute atomic E-state index is 13.5. The van der Waals surface area contributed by atoms with Crippen LogP contribution < -0.4 is 0 Å². The SMILES string of the molecule is Cn1cc([C@]2(C)CCc3cnc4cc(F)nn4c32)cn1. The first-order chi connectivity index (χ1) is 9.58. The normalized spacial score (nSPS) is 21.6. The highest BCUT2D eigenvalue weighted by molar-refractivity contribution is 5.48. The molecule has 1 aliphatic carbocycles. The van der Waals surface area contributed by atoms with Crippen molar-refractivity contribution in [2.45, 2.75) is 25.2 Å². The van der Waals surface area contributed by atoms with E-state index in [0.717, 1.165) is 29.7 Å². The van der Waals surface area contributed by atoms with Crippen molar-refractivity contribution in [2.75, 3.05) is 0 Å². The molecule has 6 heteroatoms. The maximum atomic E-state index is 13.5. The van der Waals surface area contributed by atoms with Gasteiger partial charge in [0.25, 0.3) is 0 Å². The van der Waals surface area contributed by atoms with E-state index in [0.29, 0.717) is 5.65 Å². The van der Waals surface area contributed by atoms with Crippen LogP contribution in [0.5, 0.6) is 0 Å². The van der Waals surface area contributed by atoms with E-state index >= 15 is 0 Å². The van der Waals surface area contributed by atoms with Crippen molar-refractivity contribution in [1.82, 2.24) is 24.4 Å². The first kappa shape index (κ1) is 11.6. The monoisotopic (exact) mass is 271 g/mol. The van der Waals surface area contributed by atoms with Gasteiger partial charge in [-0.15, -0.1) is 5.10 Å². The third kappa shape index (κ3) is 1.39. The minimum absolute atomic E-state index is 0.205. The Morgan fingerprint density at radius 2 is 2.20 bits per heavy atom. The van der Waals surface area contributed by atoms with Gasteiger partial charge in [0.05, 0.1) is 11.9 Å². The standard InChI is InChI=1S/C14H14FN5/c1-14(10-7-17-19(2)8-10)4-3-9-6-16-12-5-11(15)18-20(12)13(9)14/h5-8H,3-4H2,1-2H3/t14-/m0/s1. The molecule has 1 atom stereocenters. The zero-order valence-corrected chi connectivity index (χ0v) is 11.3. The molecule has 3 aromatic heterocycles. The van der Waals surface area contributed by atoms with Crippen LogP contribution in [-0.2, 0) is 18.9 Å². The summed E-state index contributed by atoms with van der Waals surface area (Å²) in [7, 11) is 1.90. The molecule has 102 valence electrons. The molecule has 4 rings (SSSR count). The van der Waals surface area contributed by atoms with Crippen LogP contribution in [0.2, 0.25) is 0 Å². The number of nitrogens with zero attached hydrogens (tertiary/aromatic N) is 5. The Balaban J connectivity index is 2.02. The van der Waals surface area contributed by atoms with Crippen molar-refractivity contribution in [1.29, 1.82) is 0 Å². The average molecular weight is 271 g/mol. The zero-order chi connectivity index (χ0) is 13.9. The van der Waals surface area contributed by atoms with Crippen molar-refractivity contribution in [3.8, 4) is 0 Å². The van der Waals surface area contributed by atoms with Crippen LogP contribution in [-0.4, -0.2) is 24.4 Å². The minimum Gasteiger partial charge on any atom is -0.276 e. The minimum atomic E-state index is -0.494. The fraction of sp³-hybridized carbons (Fsp3) is 0.357. The first-order valence-electron chi connectivity index (χ1n) is 6.61. The van der Waals surface area contributed by atoms with Gasteiger partial charge in [-0.3, -0.25) is 4.68 Å². The van der Waals surface area contributed by atoms with Gasteiger partial charge in [0.2, 0.25) is 5.95 Å². The number of aromatic nitrogens is 5.